The van der Waals surface area contributed by atoms with Crippen LogP contribution in [0.5, 0.6) is 0 Å². The van der Waals surface area contributed by atoms with Crippen molar-refractivity contribution in [3.63, 3.8) is 0 Å². The Hall–Kier alpha value is -2.37. The number of nitriles is 1. The number of carbonyl (C=O) groups excluding carboxylic acids is 1. The summed E-state index contributed by atoms with van der Waals surface area (Å²) in [6, 6.07) is 8.04. The van der Waals surface area contributed by atoms with E-state index < -0.39 is 69.1 Å². The number of amides is 1. The summed E-state index contributed by atoms with van der Waals surface area (Å²) in [5, 5.41) is 35.5. The third-order valence-corrected chi connectivity index (χ3v) is 9.08. The Bertz CT molecular complexity index is 1470. The molecule has 244 valence electrons. The van der Waals surface area contributed by atoms with Gasteiger partial charge in [-0.3, -0.25) is 4.79 Å². The largest absolute Gasteiger partial charge is 0.394 e. The van der Waals surface area contributed by atoms with Crippen LogP contribution >= 0.6 is 23.2 Å². The molecule has 1 aliphatic rings. The van der Waals surface area contributed by atoms with Crippen LogP contribution in [0, 0.1) is 28.4 Å². The summed E-state index contributed by atoms with van der Waals surface area (Å²) in [6.45, 7) is 3.24. The number of benzene rings is 2. The first-order valence-corrected chi connectivity index (χ1v) is 16.3. The van der Waals surface area contributed by atoms with Crippen molar-refractivity contribution in [2.45, 2.75) is 70.1 Å². The fraction of sp³-hybridized carbons (Fsp3) is 0.533. The number of hydrogen-bond donors (Lipinski definition) is 5. The first-order valence-electron chi connectivity index (χ1n) is 13.6. The topological polar surface area (TPSA) is 152 Å². The predicted octanol–water partition coefficient (Wildman–Crippen LogP) is 4.01. The lowest BCUT2D eigenvalue weighted by molar-refractivity contribution is -0.123. The number of hydrogen-bond acceptors (Lipinski definition) is 7. The summed E-state index contributed by atoms with van der Waals surface area (Å²) in [4.78, 5) is 13.7. The van der Waals surface area contributed by atoms with Crippen molar-refractivity contribution >= 4 is 39.1 Å². The zero-order valence-electron chi connectivity index (χ0n) is 24.0. The number of sulfonamides is 1. The first-order chi connectivity index (χ1) is 20.1. The molecule has 9 nitrogen and oxygen atoms in total. The van der Waals surface area contributed by atoms with Gasteiger partial charge in [0.05, 0.1) is 36.1 Å². The van der Waals surface area contributed by atoms with Crippen molar-refractivity contribution in [2.24, 2.45) is 5.41 Å². The third-order valence-electron chi connectivity index (χ3n) is 7.83. The standard InChI is InChI=1S/C29H36Cl2F2N4O5S.CH4/c1-28(2,10-12-36-43(3,41)42)14-23-29(16-34,20-8-7-17(30)13-22(20)32)24(19-5-4-6-21(31)25(19)33)26(37-23)27(40)35-11-9-18(39)15-38;/h4-8,13,18,23-24,26,36-39H,9-12,14-15H2,1-3H3,(H,35,40);1H4/t18-,23-,24-,26+,29-;/m0./s1. The summed E-state index contributed by atoms with van der Waals surface area (Å²) in [6.07, 6.45) is 0.474. The Labute approximate surface area is 268 Å². The van der Waals surface area contributed by atoms with Crippen LogP contribution in [0.15, 0.2) is 36.4 Å². The van der Waals surface area contributed by atoms with Gasteiger partial charge >= 0.3 is 0 Å². The minimum atomic E-state index is -3.47. The minimum Gasteiger partial charge on any atom is -0.394 e. The van der Waals surface area contributed by atoms with Gasteiger partial charge in [0.2, 0.25) is 15.9 Å². The molecule has 0 aromatic heterocycles. The highest BCUT2D eigenvalue weighted by atomic mass is 35.5. The van der Waals surface area contributed by atoms with Crippen molar-refractivity contribution in [2.75, 3.05) is 26.0 Å². The van der Waals surface area contributed by atoms with E-state index in [2.05, 4.69) is 21.4 Å². The molecule has 0 saturated carbocycles. The van der Waals surface area contributed by atoms with Crippen LogP contribution in [-0.4, -0.2) is 68.7 Å². The molecule has 1 saturated heterocycles. The molecular weight excluding hydrogens is 637 g/mol. The number of rotatable bonds is 13. The third kappa shape index (κ3) is 8.66. The zero-order valence-corrected chi connectivity index (χ0v) is 26.3. The van der Waals surface area contributed by atoms with E-state index in [0.717, 1.165) is 12.3 Å². The van der Waals surface area contributed by atoms with Gasteiger partial charge in [0.1, 0.15) is 17.0 Å². The fourth-order valence-corrected chi connectivity index (χ4v) is 6.55. The van der Waals surface area contributed by atoms with Crippen LogP contribution in [-0.2, 0) is 20.2 Å². The lowest BCUT2D eigenvalue weighted by Gasteiger charge is -2.38. The second kappa shape index (κ2) is 15.3. The molecule has 0 bridgehead atoms. The van der Waals surface area contributed by atoms with Crippen LogP contribution in [0.1, 0.15) is 57.6 Å². The lowest BCUT2D eigenvalue weighted by atomic mass is 9.62. The smallest absolute Gasteiger partial charge is 0.237 e. The molecule has 1 amide bonds. The van der Waals surface area contributed by atoms with Gasteiger partial charge in [0, 0.05) is 35.6 Å². The molecular formula is C30H40Cl2F2N4O5S. The summed E-state index contributed by atoms with van der Waals surface area (Å²) < 4.78 is 57.3. The van der Waals surface area contributed by atoms with Gasteiger partial charge in [0.15, 0.2) is 0 Å². The van der Waals surface area contributed by atoms with E-state index >= 15 is 8.78 Å². The normalized spacial score (nSPS) is 22.6. The van der Waals surface area contributed by atoms with Gasteiger partial charge in [-0.25, -0.2) is 21.9 Å². The van der Waals surface area contributed by atoms with Crippen LogP contribution in [0.3, 0.4) is 0 Å². The minimum absolute atomic E-state index is 0. The maximum Gasteiger partial charge on any atom is 0.237 e. The molecule has 0 radical (unpaired) electrons. The number of carbonyl (C=O) groups is 1. The number of nitrogens with one attached hydrogen (secondary N) is 3. The van der Waals surface area contributed by atoms with Crippen molar-refractivity contribution < 1.29 is 32.2 Å². The Balaban J connectivity index is 0.00000675. The predicted molar refractivity (Wildman–Crippen MR) is 167 cm³/mol. The van der Waals surface area contributed by atoms with Crippen LogP contribution < -0.4 is 15.4 Å². The average molecular weight is 678 g/mol. The van der Waals surface area contributed by atoms with Gasteiger partial charge in [-0.1, -0.05) is 62.7 Å². The van der Waals surface area contributed by atoms with Crippen molar-refractivity contribution in [1.29, 1.82) is 5.26 Å². The first kappa shape index (κ1) is 37.8. The van der Waals surface area contributed by atoms with Crippen LogP contribution in [0.4, 0.5) is 8.78 Å². The lowest BCUT2D eigenvalue weighted by Crippen LogP contribution is -2.46. The van der Waals surface area contributed by atoms with E-state index in [1.165, 1.54) is 30.3 Å². The van der Waals surface area contributed by atoms with E-state index in [-0.39, 0.29) is 54.5 Å². The van der Waals surface area contributed by atoms with Crippen LogP contribution in [0.2, 0.25) is 10.0 Å². The van der Waals surface area contributed by atoms with Crippen LogP contribution in [0.25, 0.3) is 0 Å². The van der Waals surface area contributed by atoms with E-state index in [0.29, 0.717) is 6.42 Å². The second-order valence-electron chi connectivity index (χ2n) is 11.6. The van der Waals surface area contributed by atoms with E-state index in [1.54, 1.807) is 0 Å². The van der Waals surface area contributed by atoms with Crippen molar-refractivity contribution in [3.05, 3.63) is 69.2 Å². The quantitative estimate of drug-likeness (QED) is 0.215. The molecule has 0 aliphatic carbocycles. The number of aliphatic hydroxyl groups is 2. The summed E-state index contributed by atoms with van der Waals surface area (Å²) in [5.41, 5.74) is -2.70. The molecule has 2 aromatic carbocycles. The molecule has 5 atom stereocenters. The maximum atomic E-state index is 15.8. The maximum absolute atomic E-state index is 15.8. The summed E-state index contributed by atoms with van der Waals surface area (Å²) in [5.74, 6) is -3.61. The van der Waals surface area contributed by atoms with E-state index in [4.69, 9.17) is 28.3 Å². The number of aliphatic hydroxyl groups excluding tert-OH is 2. The summed E-state index contributed by atoms with van der Waals surface area (Å²) >= 11 is 12.2. The fourth-order valence-electron chi connectivity index (χ4n) is 5.74. The Morgan fingerprint density at radius 3 is 2.50 bits per heavy atom. The summed E-state index contributed by atoms with van der Waals surface area (Å²) in [7, 11) is -3.47. The van der Waals surface area contributed by atoms with Crippen molar-refractivity contribution in [1.82, 2.24) is 15.4 Å². The molecule has 1 aliphatic heterocycles. The highest BCUT2D eigenvalue weighted by Gasteiger charge is 2.61. The Morgan fingerprint density at radius 2 is 1.91 bits per heavy atom. The monoisotopic (exact) mass is 676 g/mol. The molecule has 14 heteroatoms. The Morgan fingerprint density at radius 1 is 1.23 bits per heavy atom. The zero-order chi connectivity index (χ0) is 32.2. The van der Waals surface area contributed by atoms with Gasteiger partial charge in [0.25, 0.3) is 0 Å². The highest BCUT2D eigenvalue weighted by molar-refractivity contribution is 7.88. The molecule has 2 aromatic rings. The van der Waals surface area contributed by atoms with Crippen molar-refractivity contribution in [3.8, 4) is 6.07 Å². The highest BCUT2D eigenvalue weighted by Crippen LogP contribution is 2.53. The van der Waals surface area contributed by atoms with E-state index in [1.807, 2.05) is 13.8 Å². The Kier molecular flexibility index (Phi) is 13.1. The molecule has 44 heavy (non-hydrogen) atoms. The number of nitrogens with zero attached hydrogens (tertiary/aromatic N) is 1. The molecule has 1 fully saturated rings. The molecule has 5 N–H and O–H groups in total. The number of halogens is 4. The molecule has 3 rings (SSSR count). The van der Waals surface area contributed by atoms with Gasteiger partial charge in [-0.2, -0.15) is 5.26 Å². The molecule has 0 unspecified atom stereocenters. The second-order valence-corrected chi connectivity index (χ2v) is 14.3. The molecule has 0 spiro atoms. The van der Waals surface area contributed by atoms with E-state index in [9.17, 15) is 23.6 Å². The average Bonchev–Trinajstić information content (AvgIpc) is 3.22. The van der Waals surface area contributed by atoms with Gasteiger partial charge in [-0.05, 0) is 48.4 Å². The molecule has 1 heterocycles. The SMILES string of the molecule is C.CC(C)(CCNS(C)(=O)=O)C[C@@H]1N[C@@H](C(=O)NCC[C@H](O)CO)[C@H](c2cccc(Cl)c2F)[C@@]1(C#N)c1ccc(Cl)cc1F. The van der Waals surface area contributed by atoms with Gasteiger partial charge < -0.3 is 20.8 Å². The van der Waals surface area contributed by atoms with Gasteiger partial charge in [-0.15, -0.1) is 0 Å².